The molecule has 2 aromatic carbocycles. The van der Waals surface area contributed by atoms with Crippen LogP contribution in [0.2, 0.25) is 0 Å². The molecule has 2 aromatic rings. The summed E-state index contributed by atoms with van der Waals surface area (Å²) in [5.74, 6) is -0.186. The van der Waals surface area contributed by atoms with E-state index in [1.165, 1.54) is 0 Å². The van der Waals surface area contributed by atoms with Crippen molar-refractivity contribution in [2.45, 2.75) is 25.3 Å². The highest BCUT2D eigenvalue weighted by Gasteiger charge is 2.19. The van der Waals surface area contributed by atoms with Crippen LogP contribution in [0.25, 0.3) is 0 Å². The average molecular weight is 371 g/mol. The highest BCUT2D eigenvalue weighted by Crippen LogP contribution is 2.28. The zero-order chi connectivity index (χ0) is 19.5. The number of carboxylic acids is 1. The number of ether oxygens (including phenoxy) is 1. The predicted octanol–water partition coefficient (Wildman–Crippen LogP) is 2.59. The van der Waals surface area contributed by atoms with Gasteiger partial charge in [0.15, 0.2) is 5.75 Å². The molecule has 0 saturated heterocycles. The Balaban J connectivity index is 1.91. The third kappa shape index (κ3) is 6.99. The van der Waals surface area contributed by atoms with Gasteiger partial charge in [0.05, 0.1) is 12.2 Å². The Kier molecular flexibility index (Phi) is 8.12. The van der Waals surface area contributed by atoms with Crippen molar-refractivity contribution in [2.75, 3.05) is 18.4 Å². The van der Waals surface area contributed by atoms with Crippen LogP contribution < -0.4 is 21.1 Å². The monoisotopic (exact) mass is 371 g/mol. The van der Waals surface area contributed by atoms with Crippen LogP contribution in [0, 0.1) is 0 Å². The van der Waals surface area contributed by atoms with Crippen molar-refractivity contribution in [2.24, 2.45) is 5.73 Å². The number of hydrogen-bond acceptors (Lipinski definition) is 5. The van der Waals surface area contributed by atoms with E-state index in [1.54, 1.807) is 12.1 Å². The number of carboxylic acid groups (broad SMARTS) is 1. The van der Waals surface area contributed by atoms with Crippen LogP contribution in [0.3, 0.4) is 0 Å². The number of aliphatic carboxylic acids is 1. The van der Waals surface area contributed by atoms with Crippen molar-refractivity contribution >= 4 is 17.6 Å². The summed E-state index contributed by atoms with van der Waals surface area (Å²) in [5.41, 5.74) is 6.06. The molecule has 0 aliphatic carbocycles. The standard InChI is InChI=1S/C20H25N3O4/c21-13-7-6-11-17(20(25)26)23-19(24)14-22-16-10-4-5-12-18(16)27-15-8-2-1-3-9-15/h1-5,8-10,12,17,22H,6-7,11,13-14,21H2,(H,23,24)(H,25,26). The van der Waals surface area contributed by atoms with Crippen LogP contribution in [0.15, 0.2) is 54.6 Å². The molecule has 1 amide bonds. The smallest absolute Gasteiger partial charge is 0.326 e. The maximum atomic E-state index is 12.1. The van der Waals surface area contributed by atoms with Gasteiger partial charge in [0, 0.05) is 0 Å². The van der Waals surface area contributed by atoms with Crippen LogP contribution in [0.5, 0.6) is 11.5 Å². The van der Waals surface area contributed by atoms with Crippen LogP contribution in [-0.2, 0) is 9.59 Å². The molecule has 0 fully saturated rings. The molecule has 7 nitrogen and oxygen atoms in total. The van der Waals surface area contributed by atoms with Gasteiger partial charge in [-0.15, -0.1) is 0 Å². The van der Waals surface area contributed by atoms with E-state index in [-0.39, 0.29) is 6.54 Å². The first-order chi connectivity index (χ1) is 13.1. The second kappa shape index (κ2) is 10.8. The molecule has 0 saturated carbocycles. The molecular formula is C20H25N3O4. The minimum atomic E-state index is -1.05. The molecule has 2 rings (SSSR count). The van der Waals surface area contributed by atoms with Crippen LogP contribution >= 0.6 is 0 Å². The van der Waals surface area contributed by atoms with Gasteiger partial charge in [0.25, 0.3) is 0 Å². The number of carbonyl (C=O) groups is 2. The Bertz CT molecular complexity index is 737. The lowest BCUT2D eigenvalue weighted by molar-refractivity contribution is -0.141. The fraction of sp³-hybridized carbons (Fsp3) is 0.300. The topological polar surface area (TPSA) is 114 Å². The fourth-order valence-corrected chi connectivity index (χ4v) is 2.49. The van der Waals surface area contributed by atoms with Gasteiger partial charge >= 0.3 is 5.97 Å². The number of rotatable bonds is 11. The lowest BCUT2D eigenvalue weighted by Gasteiger charge is -2.16. The first-order valence-electron chi connectivity index (χ1n) is 8.88. The van der Waals surface area contributed by atoms with Gasteiger partial charge in [0.1, 0.15) is 11.8 Å². The number of unbranched alkanes of at least 4 members (excludes halogenated alkanes) is 1. The average Bonchev–Trinajstić information content (AvgIpc) is 2.67. The molecule has 0 aliphatic heterocycles. The first kappa shape index (κ1) is 20.3. The molecule has 27 heavy (non-hydrogen) atoms. The molecule has 0 aliphatic rings. The highest BCUT2D eigenvalue weighted by atomic mass is 16.5. The van der Waals surface area contributed by atoms with E-state index in [1.807, 2.05) is 42.5 Å². The summed E-state index contributed by atoms with van der Waals surface area (Å²) in [5, 5.41) is 14.8. The van der Waals surface area contributed by atoms with Crippen LogP contribution in [0.4, 0.5) is 5.69 Å². The number of amides is 1. The Labute approximate surface area is 158 Å². The van der Waals surface area contributed by atoms with Crippen LogP contribution in [-0.4, -0.2) is 36.1 Å². The molecule has 1 atom stereocenters. The molecule has 144 valence electrons. The maximum Gasteiger partial charge on any atom is 0.326 e. The Hall–Kier alpha value is -3.06. The summed E-state index contributed by atoms with van der Waals surface area (Å²) in [6.07, 6.45) is 1.73. The third-order valence-electron chi connectivity index (χ3n) is 3.88. The molecular weight excluding hydrogens is 346 g/mol. The second-order valence-corrected chi connectivity index (χ2v) is 6.01. The lowest BCUT2D eigenvalue weighted by Crippen LogP contribution is -2.43. The lowest BCUT2D eigenvalue weighted by atomic mass is 10.1. The van der Waals surface area contributed by atoms with Gasteiger partial charge in [-0.05, 0) is 50.1 Å². The van der Waals surface area contributed by atoms with Crippen molar-refractivity contribution in [3.8, 4) is 11.5 Å². The maximum absolute atomic E-state index is 12.1. The van der Waals surface area contributed by atoms with Gasteiger partial charge in [-0.3, -0.25) is 4.79 Å². The molecule has 0 bridgehead atoms. The van der Waals surface area contributed by atoms with Crippen molar-refractivity contribution in [1.29, 1.82) is 0 Å². The molecule has 0 spiro atoms. The van der Waals surface area contributed by atoms with Crippen molar-refractivity contribution in [3.63, 3.8) is 0 Å². The third-order valence-corrected chi connectivity index (χ3v) is 3.88. The van der Waals surface area contributed by atoms with E-state index in [4.69, 9.17) is 10.5 Å². The number of hydrogen-bond donors (Lipinski definition) is 4. The summed E-state index contributed by atoms with van der Waals surface area (Å²) in [7, 11) is 0. The molecule has 0 aromatic heterocycles. The Morgan fingerprint density at radius 1 is 1.04 bits per heavy atom. The van der Waals surface area contributed by atoms with Gasteiger partial charge in [-0.2, -0.15) is 0 Å². The quantitative estimate of drug-likeness (QED) is 0.452. The summed E-state index contributed by atoms with van der Waals surface area (Å²) in [4.78, 5) is 23.4. The molecule has 7 heteroatoms. The largest absolute Gasteiger partial charge is 0.480 e. The minimum Gasteiger partial charge on any atom is -0.480 e. The summed E-state index contributed by atoms with van der Waals surface area (Å²) >= 11 is 0. The molecule has 5 N–H and O–H groups in total. The number of anilines is 1. The normalized spacial score (nSPS) is 11.4. The van der Waals surface area contributed by atoms with E-state index in [2.05, 4.69) is 10.6 Å². The SMILES string of the molecule is NCCCCC(NC(=O)CNc1ccccc1Oc1ccccc1)C(=O)O. The highest BCUT2D eigenvalue weighted by molar-refractivity contribution is 5.86. The number of benzene rings is 2. The van der Waals surface area contributed by atoms with E-state index in [0.29, 0.717) is 36.6 Å². The number of carbonyl (C=O) groups excluding carboxylic acids is 1. The number of para-hydroxylation sites is 3. The fourth-order valence-electron chi connectivity index (χ4n) is 2.49. The van der Waals surface area contributed by atoms with Gasteiger partial charge in [0.2, 0.25) is 5.91 Å². The summed E-state index contributed by atoms with van der Waals surface area (Å²) < 4.78 is 5.83. The number of nitrogens with one attached hydrogen (secondary N) is 2. The molecule has 1 unspecified atom stereocenters. The second-order valence-electron chi connectivity index (χ2n) is 6.01. The van der Waals surface area contributed by atoms with E-state index in [0.717, 1.165) is 6.42 Å². The number of nitrogens with two attached hydrogens (primary N) is 1. The van der Waals surface area contributed by atoms with E-state index >= 15 is 0 Å². The van der Waals surface area contributed by atoms with Crippen LogP contribution in [0.1, 0.15) is 19.3 Å². The zero-order valence-corrected chi connectivity index (χ0v) is 15.1. The van der Waals surface area contributed by atoms with Crippen molar-refractivity contribution in [3.05, 3.63) is 54.6 Å². The zero-order valence-electron chi connectivity index (χ0n) is 15.1. The van der Waals surface area contributed by atoms with E-state index < -0.39 is 17.9 Å². The van der Waals surface area contributed by atoms with Gasteiger partial charge < -0.3 is 26.2 Å². The van der Waals surface area contributed by atoms with E-state index in [9.17, 15) is 14.7 Å². The minimum absolute atomic E-state index is 0.0597. The van der Waals surface area contributed by atoms with Crippen molar-refractivity contribution in [1.82, 2.24) is 5.32 Å². The van der Waals surface area contributed by atoms with Crippen molar-refractivity contribution < 1.29 is 19.4 Å². The summed E-state index contributed by atoms with van der Waals surface area (Å²) in [6.45, 7) is 0.440. The predicted molar refractivity (Wildman–Crippen MR) is 104 cm³/mol. The Morgan fingerprint density at radius 2 is 1.74 bits per heavy atom. The van der Waals surface area contributed by atoms with Gasteiger partial charge in [-0.25, -0.2) is 4.79 Å². The Morgan fingerprint density at radius 3 is 2.44 bits per heavy atom. The summed E-state index contributed by atoms with van der Waals surface area (Å²) in [6, 6.07) is 15.6. The van der Waals surface area contributed by atoms with Gasteiger partial charge in [-0.1, -0.05) is 30.3 Å². The molecule has 0 radical (unpaired) electrons. The molecule has 0 heterocycles. The first-order valence-corrected chi connectivity index (χ1v) is 8.88.